The number of benzene rings is 1. The Hall–Kier alpha value is -1.18. The summed E-state index contributed by atoms with van der Waals surface area (Å²) in [7, 11) is 0. The monoisotopic (exact) mass is 303 g/mol. The minimum atomic E-state index is 0.501. The Kier molecular flexibility index (Phi) is 5.96. The summed E-state index contributed by atoms with van der Waals surface area (Å²) in [5, 5.41) is 12.9. The van der Waals surface area contributed by atoms with Crippen LogP contribution in [0.1, 0.15) is 31.9 Å². The molecule has 0 aliphatic carbocycles. The third kappa shape index (κ3) is 4.39. The molecule has 1 aliphatic heterocycles. The Morgan fingerprint density at radius 2 is 2.29 bits per heavy atom. The molecule has 4 heteroatoms. The molecule has 0 saturated carbocycles. The van der Waals surface area contributed by atoms with Gasteiger partial charge in [-0.2, -0.15) is 17.0 Å². The summed E-state index contributed by atoms with van der Waals surface area (Å²) in [6.45, 7) is 9.51. The second-order valence-electron chi connectivity index (χ2n) is 6.11. The van der Waals surface area contributed by atoms with Crippen molar-refractivity contribution in [2.45, 2.75) is 33.4 Å². The van der Waals surface area contributed by atoms with E-state index < -0.39 is 0 Å². The molecule has 0 radical (unpaired) electrons. The van der Waals surface area contributed by atoms with Crippen molar-refractivity contribution in [3.8, 4) is 6.07 Å². The highest BCUT2D eigenvalue weighted by atomic mass is 32.2. The summed E-state index contributed by atoms with van der Waals surface area (Å²) in [6.07, 6.45) is 0. The fraction of sp³-hybridized carbons (Fsp3) is 0.588. The molecule has 1 aromatic carbocycles. The maximum atomic E-state index is 9.47. The van der Waals surface area contributed by atoms with E-state index in [4.69, 9.17) is 0 Å². The summed E-state index contributed by atoms with van der Waals surface area (Å²) in [4.78, 5) is 2.38. The lowest BCUT2D eigenvalue weighted by Crippen LogP contribution is -2.40. The molecule has 1 atom stereocenters. The van der Waals surface area contributed by atoms with Crippen LogP contribution >= 0.6 is 11.8 Å². The van der Waals surface area contributed by atoms with Gasteiger partial charge in [-0.05, 0) is 37.1 Å². The van der Waals surface area contributed by atoms with E-state index in [0.717, 1.165) is 42.4 Å². The maximum absolute atomic E-state index is 9.47. The summed E-state index contributed by atoms with van der Waals surface area (Å²) in [6, 6.07) is 9.19. The summed E-state index contributed by atoms with van der Waals surface area (Å²) < 4.78 is 0. The third-order valence-corrected chi connectivity index (χ3v) is 4.93. The first-order chi connectivity index (χ1) is 10.1. The summed E-state index contributed by atoms with van der Waals surface area (Å²) in [5.74, 6) is 2.93. The molecule has 1 fully saturated rings. The number of nitrogens with zero attached hydrogens (tertiary/aromatic N) is 2. The van der Waals surface area contributed by atoms with Crippen LogP contribution in [0.3, 0.4) is 0 Å². The van der Waals surface area contributed by atoms with Crippen molar-refractivity contribution in [2.24, 2.45) is 5.92 Å². The van der Waals surface area contributed by atoms with E-state index >= 15 is 0 Å². The first-order valence-corrected chi connectivity index (χ1v) is 8.85. The first-order valence-electron chi connectivity index (χ1n) is 7.70. The van der Waals surface area contributed by atoms with Crippen LogP contribution in [0.25, 0.3) is 0 Å². The molecule has 0 amide bonds. The standard InChI is InChI=1S/C17H25N3S/c1-13(2)10-19-11-15-4-5-17(16(8-15)9-18)20-6-7-21-12-14(20)3/h4-5,8,13-14,19H,6-7,10-12H2,1-3H3. The Morgan fingerprint density at radius 3 is 2.95 bits per heavy atom. The van der Waals surface area contributed by atoms with Crippen LogP contribution in [-0.2, 0) is 6.54 Å². The van der Waals surface area contributed by atoms with Gasteiger partial charge in [-0.15, -0.1) is 0 Å². The molecule has 0 aromatic heterocycles. The van der Waals surface area contributed by atoms with Gasteiger partial charge in [0, 0.05) is 30.6 Å². The van der Waals surface area contributed by atoms with Gasteiger partial charge in [-0.1, -0.05) is 19.9 Å². The van der Waals surface area contributed by atoms with E-state index in [1.807, 2.05) is 17.8 Å². The van der Waals surface area contributed by atoms with Gasteiger partial charge in [0.15, 0.2) is 0 Å². The van der Waals surface area contributed by atoms with Crippen molar-refractivity contribution in [3.05, 3.63) is 29.3 Å². The molecular weight excluding hydrogens is 278 g/mol. The molecule has 2 rings (SSSR count). The van der Waals surface area contributed by atoms with Gasteiger partial charge >= 0.3 is 0 Å². The highest BCUT2D eigenvalue weighted by Gasteiger charge is 2.21. The Labute approximate surface area is 132 Å². The van der Waals surface area contributed by atoms with E-state index in [0.29, 0.717) is 12.0 Å². The molecule has 3 nitrogen and oxygen atoms in total. The van der Waals surface area contributed by atoms with Crippen molar-refractivity contribution in [1.29, 1.82) is 5.26 Å². The van der Waals surface area contributed by atoms with E-state index in [1.165, 1.54) is 5.56 Å². The van der Waals surface area contributed by atoms with Gasteiger partial charge in [-0.3, -0.25) is 0 Å². The lowest BCUT2D eigenvalue weighted by Gasteiger charge is -2.35. The minimum absolute atomic E-state index is 0.501. The van der Waals surface area contributed by atoms with Gasteiger partial charge in [-0.25, -0.2) is 0 Å². The normalized spacial score (nSPS) is 18.8. The molecule has 1 aromatic rings. The lowest BCUT2D eigenvalue weighted by molar-refractivity contribution is 0.552. The number of nitriles is 1. The van der Waals surface area contributed by atoms with E-state index in [9.17, 15) is 5.26 Å². The van der Waals surface area contributed by atoms with Crippen molar-refractivity contribution < 1.29 is 0 Å². The summed E-state index contributed by atoms with van der Waals surface area (Å²) in [5.41, 5.74) is 3.09. The topological polar surface area (TPSA) is 39.1 Å². The maximum Gasteiger partial charge on any atom is 0.101 e. The third-order valence-electron chi connectivity index (χ3n) is 3.74. The van der Waals surface area contributed by atoms with Crippen LogP contribution in [0.15, 0.2) is 18.2 Å². The van der Waals surface area contributed by atoms with Crippen molar-refractivity contribution >= 4 is 17.4 Å². The molecule has 21 heavy (non-hydrogen) atoms. The van der Waals surface area contributed by atoms with Gasteiger partial charge in [0.25, 0.3) is 0 Å². The van der Waals surface area contributed by atoms with Gasteiger partial charge < -0.3 is 10.2 Å². The zero-order valence-electron chi connectivity index (χ0n) is 13.2. The molecule has 1 heterocycles. The zero-order chi connectivity index (χ0) is 15.2. The molecule has 114 valence electrons. The van der Waals surface area contributed by atoms with E-state index in [-0.39, 0.29) is 0 Å². The highest BCUT2D eigenvalue weighted by molar-refractivity contribution is 7.99. The second kappa shape index (κ2) is 7.72. The van der Waals surface area contributed by atoms with Crippen molar-refractivity contribution in [1.82, 2.24) is 5.32 Å². The average molecular weight is 303 g/mol. The molecule has 1 aliphatic rings. The largest absolute Gasteiger partial charge is 0.366 e. The Morgan fingerprint density at radius 1 is 1.48 bits per heavy atom. The number of hydrogen-bond donors (Lipinski definition) is 1. The first kappa shape index (κ1) is 16.2. The number of thioether (sulfide) groups is 1. The quantitative estimate of drug-likeness (QED) is 0.906. The fourth-order valence-electron chi connectivity index (χ4n) is 2.62. The predicted octanol–water partition coefficient (Wildman–Crippen LogP) is 3.25. The SMILES string of the molecule is CC(C)CNCc1ccc(N2CCSCC2C)c(C#N)c1. The Balaban J connectivity index is 2.11. The molecule has 1 unspecified atom stereocenters. The van der Waals surface area contributed by atoms with Crippen LogP contribution in [0.4, 0.5) is 5.69 Å². The zero-order valence-corrected chi connectivity index (χ0v) is 14.0. The van der Waals surface area contributed by atoms with Crippen LogP contribution < -0.4 is 10.2 Å². The number of anilines is 1. The summed E-state index contributed by atoms with van der Waals surface area (Å²) >= 11 is 2.00. The van der Waals surface area contributed by atoms with Crippen molar-refractivity contribution in [3.63, 3.8) is 0 Å². The van der Waals surface area contributed by atoms with Gasteiger partial charge in [0.05, 0.1) is 11.3 Å². The van der Waals surface area contributed by atoms with Gasteiger partial charge in [0.1, 0.15) is 6.07 Å². The average Bonchev–Trinajstić information content (AvgIpc) is 2.47. The predicted molar refractivity (Wildman–Crippen MR) is 91.8 cm³/mol. The molecular formula is C17H25N3S. The fourth-order valence-corrected chi connectivity index (χ4v) is 3.64. The van der Waals surface area contributed by atoms with Crippen LogP contribution in [0, 0.1) is 17.2 Å². The molecule has 0 bridgehead atoms. The minimum Gasteiger partial charge on any atom is -0.366 e. The van der Waals surface area contributed by atoms with Crippen LogP contribution in [0.2, 0.25) is 0 Å². The second-order valence-corrected chi connectivity index (χ2v) is 7.26. The number of nitrogens with one attached hydrogen (secondary N) is 1. The van der Waals surface area contributed by atoms with Gasteiger partial charge in [0.2, 0.25) is 0 Å². The van der Waals surface area contributed by atoms with Crippen molar-refractivity contribution in [2.75, 3.05) is 29.5 Å². The number of rotatable bonds is 5. The van der Waals surface area contributed by atoms with E-state index in [2.05, 4.69) is 49.2 Å². The van der Waals surface area contributed by atoms with E-state index in [1.54, 1.807) is 0 Å². The van der Waals surface area contributed by atoms with Crippen LogP contribution in [-0.4, -0.2) is 30.6 Å². The molecule has 0 spiro atoms. The Bertz CT molecular complexity index is 507. The molecule has 1 N–H and O–H groups in total. The number of hydrogen-bond acceptors (Lipinski definition) is 4. The van der Waals surface area contributed by atoms with Crippen LogP contribution in [0.5, 0.6) is 0 Å². The highest BCUT2D eigenvalue weighted by Crippen LogP contribution is 2.27. The lowest BCUT2D eigenvalue weighted by atomic mass is 10.1. The molecule has 1 saturated heterocycles. The smallest absolute Gasteiger partial charge is 0.101 e.